The molecule has 2 aromatic rings. The summed E-state index contributed by atoms with van der Waals surface area (Å²) in [5.41, 5.74) is 1.71. The molecule has 0 bridgehead atoms. The summed E-state index contributed by atoms with van der Waals surface area (Å²) < 4.78 is 31.2. The van der Waals surface area contributed by atoms with Gasteiger partial charge in [-0.15, -0.1) is 0 Å². The van der Waals surface area contributed by atoms with E-state index in [2.05, 4.69) is 10.6 Å². The number of esters is 1. The van der Waals surface area contributed by atoms with E-state index in [0.717, 1.165) is 12.8 Å². The number of halogens is 1. The molecule has 2 aromatic carbocycles. The van der Waals surface area contributed by atoms with E-state index in [1.165, 1.54) is 13.2 Å². The SMILES string of the molecule is CCCCC1=C(C(=O)OC(C)C)C(c2cccc(OC)c2OCc2ccccc2F)NC(=O)N1. The van der Waals surface area contributed by atoms with Gasteiger partial charge in [0, 0.05) is 16.8 Å². The van der Waals surface area contributed by atoms with Crippen LogP contribution in [0.25, 0.3) is 0 Å². The number of rotatable bonds is 10. The highest BCUT2D eigenvalue weighted by Gasteiger charge is 2.36. The summed E-state index contributed by atoms with van der Waals surface area (Å²) in [6.45, 7) is 5.51. The van der Waals surface area contributed by atoms with Gasteiger partial charge in [0.05, 0.1) is 24.8 Å². The van der Waals surface area contributed by atoms with E-state index in [1.807, 2.05) is 6.92 Å². The summed E-state index contributed by atoms with van der Waals surface area (Å²) in [5.74, 6) is -0.211. The molecule has 7 nitrogen and oxygen atoms in total. The van der Waals surface area contributed by atoms with Gasteiger partial charge in [-0.2, -0.15) is 0 Å². The minimum atomic E-state index is -0.836. The second-order valence-electron chi connectivity index (χ2n) is 8.24. The molecule has 8 heteroatoms. The number of methoxy groups -OCH3 is 1. The van der Waals surface area contributed by atoms with Crippen molar-refractivity contribution in [2.75, 3.05) is 7.11 Å². The molecule has 1 unspecified atom stereocenters. The number of carbonyl (C=O) groups is 2. The first-order valence-corrected chi connectivity index (χ1v) is 11.4. The third-order valence-electron chi connectivity index (χ3n) is 5.37. The minimum Gasteiger partial charge on any atom is -0.493 e. The highest BCUT2D eigenvalue weighted by molar-refractivity contribution is 5.95. The summed E-state index contributed by atoms with van der Waals surface area (Å²) in [4.78, 5) is 25.7. The van der Waals surface area contributed by atoms with Crippen molar-refractivity contribution in [1.82, 2.24) is 10.6 Å². The number of hydrogen-bond acceptors (Lipinski definition) is 5. The van der Waals surface area contributed by atoms with Crippen molar-refractivity contribution < 1.29 is 28.2 Å². The summed E-state index contributed by atoms with van der Waals surface area (Å²) in [6.07, 6.45) is 1.85. The average Bonchev–Trinajstić information content (AvgIpc) is 2.81. The predicted molar refractivity (Wildman–Crippen MR) is 126 cm³/mol. The molecule has 2 amide bonds. The van der Waals surface area contributed by atoms with Crippen LogP contribution >= 0.6 is 0 Å². The molecule has 34 heavy (non-hydrogen) atoms. The van der Waals surface area contributed by atoms with Gasteiger partial charge >= 0.3 is 12.0 Å². The Hall–Kier alpha value is -3.55. The molecule has 0 radical (unpaired) electrons. The average molecular weight is 471 g/mol. The molecule has 182 valence electrons. The molecule has 2 N–H and O–H groups in total. The van der Waals surface area contributed by atoms with Gasteiger partial charge in [-0.1, -0.05) is 43.7 Å². The second kappa shape index (κ2) is 11.5. The van der Waals surface area contributed by atoms with Crippen LogP contribution in [0, 0.1) is 5.82 Å². The van der Waals surface area contributed by atoms with Crippen LogP contribution in [0.3, 0.4) is 0 Å². The quantitative estimate of drug-likeness (QED) is 0.468. The van der Waals surface area contributed by atoms with E-state index < -0.39 is 23.9 Å². The first kappa shape index (κ1) is 25.1. The second-order valence-corrected chi connectivity index (χ2v) is 8.24. The van der Waals surface area contributed by atoms with Crippen LogP contribution in [0.5, 0.6) is 11.5 Å². The number of para-hydroxylation sites is 1. The standard InChI is InChI=1S/C26H31FN2O5/c1-5-6-13-20-22(25(30)34-16(2)3)23(29-26(31)28-20)18-11-9-14-21(32-4)24(18)33-15-17-10-7-8-12-19(17)27/h7-12,14,16,23H,5-6,13,15H2,1-4H3,(H2,28,29,31). The van der Waals surface area contributed by atoms with Crippen molar-refractivity contribution >= 4 is 12.0 Å². The summed E-state index contributed by atoms with van der Waals surface area (Å²) in [6, 6.07) is 10.2. The van der Waals surface area contributed by atoms with Crippen LogP contribution in [-0.2, 0) is 16.1 Å². The van der Waals surface area contributed by atoms with Crippen LogP contribution in [0.4, 0.5) is 9.18 Å². The highest BCUT2D eigenvalue weighted by Crippen LogP contribution is 2.40. The number of hydrogen-bond donors (Lipinski definition) is 2. The summed E-state index contributed by atoms with van der Waals surface area (Å²) in [5, 5.41) is 5.60. The largest absolute Gasteiger partial charge is 0.493 e. The van der Waals surface area contributed by atoms with E-state index in [9.17, 15) is 14.0 Å². The van der Waals surface area contributed by atoms with Crippen molar-refractivity contribution in [1.29, 1.82) is 0 Å². The van der Waals surface area contributed by atoms with Crippen LogP contribution in [0.1, 0.15) is 57.2 Å². The summed E-state index contributed by atoms with van der Waals surface area (Å²) >= 11 is 0. The zero-order valence-electron chi connectivity index (χ0n) is 19.9. The molecule has 1 aliphatic heterocycles. The Morgan fingerprint density at radius 3 is 2.59 bits per heavy atom. The molecule has 3 rings (SSSR count). The van der Waals surface area contributed by atoms with Gasteiger partial charge in [0.25, 0.3) is 0 Å². The molecular formula is C26H31FN2O5. The maximum absolute atomic E-state index is 14.2. The maximum atomic E-state index is 14.2. The Balaban J connectivity index is 2.08. The minimum absolute atomic E-state index is 0.0584. The lowest BCUT2D eigenvalue weighted by molar-refractivity contribution is -0.143. The lowest BCUT2D eigenvalue weighted by Crippen LogP contribution is -2.46. The topological polar surface area (TPSA) is 85.9 Å². The van der Waals surface area contributed by atoms with Crippen molar-refractivity contribution in [3.63, 3.8) is 0 Å². The third-order valence-corrected chi connectivity index (χ3v) is 5.37. The Morgan fingerprint density at radius 2 is 1.91 bits per heavy atom. The van der Waals surface area contributed by atoms with E-state index in [1.54, 1.807) is 50.2 Å². The first-order chi connectivity index (χ1) is 16.3. The molecule has 1 heterocycles. The number of ether oxygens (including phenoxy) is 3. The molecule has 0 saturated heterocycles. The van der Waals surface area contributed by atoms with Crippen molar-refractivity contribution in [2.45, 2.75) is 58.8 Å². The number of unbranched alkanes of at least 4 members (excludes halogenated alkanes) is 1. The van der Waals surface area contributed by atoms with Gasteiger partial charge in [-0.3, -0.25) is 0 Å². The van der Waals surface area contributed by atoms with E-state index in [0.29, 0.717) is 40.3 Å². The molecule has 0 saturated carbocycles. The smallest absolute Gasteiger partial charge is 0.338 e. The lowest BCUT2D eigenvalue weighted by atomic mass is 9.92. The number of carbonyl (C=O) groups excluding carboxylic acids is 2. The third kappa shape index (κ3) is 5.87. The predicted octanol–water partition coefficient (Wildman–Crippen LogP) is 5.16. The lowest BCUT2D eigenvalue weighted by Gasteiger charge is -2.31. The Bertz CT molecular complexity index is 1070. The van der Waals surface area contributed by atoms with E-state index in [-0.39, 0.29) is 12.7 Å². The van der Waals surface area contributed by atoms with Gasteiger partial charge in [0.15, 0.2) is 11.5 Å². The molecule has 1 aliphatic rings. The number of benzene rings is 2. The monoisotopic (exact) mass is 470 g/mol. The van der Waals surface area contributed by atoms with E-state index in [4.69, 9.17) is 14.2 Å². The maximum Gasteiger partial charge on any atom is 0.338 e. The molecule has 0 fully saturated rings. The summed E-state index contributed by atoms with van der Waals surface area (Å²) in [7, 11) is 1.49. The fourth-order valence-electron chi connectivity index (χ4n) is 3.76. The van der Waals surface area contributed by atoms with Crippen LogP contribution in [-0.4, -0.2) is 25.2 Å². The fraction of sp³-hybridized carbons (Fsp3) is 0.385. The van der Waals surface area contributed by atoms with Gasteiger partial charge in [0.1, 0.15) is 12.4 Å². The molecule has 1 atom stereocenters. The van der Waals surface area contributed by atoms with Crippen LogP contribution < -0.4 is 20.1 Å². The molecule has 0 aromatic heterocycles. The normalized spacial score (nSPS) is 15.6. The van der Waals surface area contributed by atoms with E-state index >= 15 is 0 Å². The zero-order chi connectivity index (χ0) is 24.7. The Kier molecular flexibility index (Phi) is 8.51. The fourth-order valence-corrected chi connectivity index (χ4v) is 3.76. The number of amides is 2. The van der Waals surface area contributed by atoms with Crippen molar-refractivity contribution in [2.24, 2.45) is 0 Å². The van der Waals surface area contributed by atoms with Gasteiger partial charge in [0.2, 0.25) is 0 Å². The zero-order valence-corrected chi connectivity index (χ0v) is 19.9. The van der Waals surface area contributed by atoms with Gasteiger partial charge in [-0.25, -0.2) is 14.0 Å². The van der Waals surface area contributed by atoms with Crippen LogP contribution in [0.2, 0.25) is 0 Å². The highest BCUT2D eigenvalue weighted by atomic mass is 19.1. The Labute approximate surface area is 199 Å². The van der Waals surface area contributed by atoms with Gasteiger partial charge < -0.3 is 24.8 Å². The molecular weight excluding hydrogens is 439 g/mol. The number of nitrogens with one attached hydrogen (secondary N) is 2. The van der Waals surface area contributed by atoms with Crippen molar-refractivity contribution in [3.05, 3.63) is 70.7 Å². The first-order valence-electron chi connectivity index (χ1n) is 11.4. The van der Waals surface area contributed by atoms with Crippen LogP contribution in [0.15, 0.2) is 53.7 Å². The molecule has 0 spiro atoms. The number of allylic oxidation sites excluding steroid dienone is 1. The van der Waals surface area contributed by atoms with Gasteiger partial charge in [-0.05, 0) is 38.8 Å². The Morgan fingerprint density at radius 1 is 1.15 bits per heavy atom. The van der Waals surface area contributed by atoms with Crippen molar-refractivity contribution in [3.8, 4) is 11.5 Å². The molecule has 0 aliphatic carbocycles. The number of urea groups is 1.